The Hall–Kier alpha value is -2.03. The minimum absolute atomic E-state index is 0.181. The molecule has 0 aliphatic carbocycles. The Kier molecular flexibility index (Phi) is 3.82. The second-order valence-electron chi connectivity index (χ2n) is 4.64. The molecule has 0 bridgehead atoms. The molecule has 0 saturated carbocycles. The molecule has 1 N–H and O–H groups in total. The Balaban J connectivity index is 1.87. The van der Waals surface area contributed by atoms with E-state index in [1.165, 1.54) is 0 Å². The normalized spacial score (nSPS) is 10.6. The zero-order valence-electron chi connectivity index (χ0n) is 10.9. The van der Waals surface area contributed by atoms with Crippen molar-refractivity contribution < 1.29 is 4.79 Å². The quantitative estimate of drug-likeness (QED) is 0.674. The van der Waals surface area contributed by atoms with E-state index < -0.39 is 0 Å². The summed E-state index contributed by atoms with van der Waals surface area (Å²) in [5.41, 5.74) is 1.21. The van der Waals surface area contributed by atoms with Gasteiger partial charge in [-0.25, -0.2) is 0 Å². The van der Waals surface area contributed by atoms with E-state index in [4.69, 9.17) is 23.2 Å². The third-order valence-corrected chi connectivity index (χ3v) is 3.93. The van der Waals surface area contributed by atoms with Gasteiger partial charge in [-0.2, -0.15) is 0 Å². The minimum Gasteiger partial charge on any atom is -0.322 e. The van der Waals surface area contributed by atoms with Gasteiger partial charge in [0, 0.05) is 11.3 Å². The molecule has 0 heterocycles. The predicted molar refractivity (Wildman–Crippen MR) is 88.4 cm³/mol. The molecule has 0 aromatic heterocycles. The van der Waals surface area contributed by atoms with Crippen LogP contribution in [0.3, 0.4) is 0 Å². The van der Waals surface area contributed by atoms with E-state index in [1.54, 1.807) is 24.3 Å². The Bertz CT molecular complexity index is 830. The van der Waals surface area contributed by atoms with Crippen LogP contribution in [0, 0.1) is 0 Å². The lowest BCUT2D eigenvalue weighted by Crippen LogP contribution is -2.11. The number of hydrogen-bond acceptors (Lipinski definition) is 1. The van der Waals surface area contributed by atoms with Gasteiger partial charge in [-0.3, -0.25) is 4.79 Å². The van der Waals surface area contributed by atoms with Crippen LogP contribution in [0.15, 0.2) is 60.7 Å². The van der Waals surface area contributed by atoms with E-state index in [9.17, 15) is 4.79 Å². The average molecular weight is 316 g/mol. The van der Waals surface area contributed by atoms with E-state index in [1.807, 2.05) is 36.4 Å². The van der Waals surface area contributed by atoms with Gasteiger partial charge in [0.05, 0.1) is 10.0 Å². The lowest BCUT2D eigenvalue weighted by Gasteiger charge is -2.07. The lowest BCUT2D eigenvalue weighted by molar-refractivity contribution is 0.102. The van der Waals surface area contributed by atoms with E-state index in [0.29, 0.717) is 21.3 Å². The van der Waals surface area contributed by atoms with Gasteiger partial charge in [-0.05, 0) is 41.1 Å². The molecule has 0 saturated heterocycles. The highest BCUT2D eigenvalue weighted by Crippen LogP contribution is 2.25. The summed E-state index contributed by atoms with van der Waals surface area (Å²) in [6.07, 6.45) is 0. The molecule has 0 radical (unpaired) electrons. The molecule has 104 valence electrons. The van der Waals surface area contributed by atoms with E-state index in [-0.39, 0.29) is 5.91 Å². The monoisotopic (exact) mass is 315 g/mol. The molecule has 0 spiro atoms. The number of carbonyl (C=O) groups is 1. The minimum atomic E-state index is -0.181. The van der Waals surface area contributed by atoms with Crippen molar-refractivity contribution in [3.63, 3.8) is 0 Å². The van der Waals surface area contributed by atoms with Crippen molar-refractivity contribution in [1.29, 1.82) is 0 Å². The summed E-state index contributed by atoms with van der Waals surface area (Å²) in [4.78, 5) is 12.3. The van der Waals surface area contributed by atoms with Crippen molar-refractivity contribution in [2.45, 2.75) is 0 Å². The highest BCUT2D eigenvalue weighted by Gasteiger charge is 2.08. The molecular weight excluding hydrogens is 305 g/mol. The van der Waals surface area contributed by atoms with Crippen molar-refractivity contribution in [3.8, 4) is 0 Å². The topological polar surface area (TPSA) is 29.1 Å². The first kappa shape index (κ1) is 13.9. The molecule has 0 aliphatic heterocycles. The van der Waals surface area contributed by atoms with E-state index in [2.05, 4.69) is 5.32 Å². The summed E-state index contributed by atoms with van der Waals surface area (Å²) in [6.45, 7) is 0. The van der Waals surface area contributed by atoms with Crippen molar-refractivity contribution in [2.75, 3.05) is 5.32 Å². The number of amides is 1. The van der Waals surface area contributed by atoms with Gasteiger partial charge in [0.1, 0.15) is 0 Å². The van der Waals surface area contributed by atoms with E-state index >= 15 is 0 Å². The molecule has 0 fully saturated rings. The van der Waals surface area contributed by atoms with Crippen LogP contribution in [0.2, 0.25) is 10.0 Å². The van der Waals surface area contributed by atoms with Crippen LogP contribution in [-0.2, 0) is 0 Å². The summed E-state index contributed by atoms with van der Waals surface area (Å²) in [7, 11) is 0. The molecule has 3 aromatic rings. The first-order chi connectivity index (χ1) is 10.1. The Morgan fingerprint density at radius 2 is 1.57 bits per heavy atom. The molecule has 3 rings (SSSR count). The van der Waals surface area contributed by atoms with Crippen LogP contribution in [0.25, 0.3) is 10.8 Å². The lowest BCUT2D eigenvalue weighted by atomic mass is 10.1. The number of hydrogen-bond donors (Lipinski definition) is 1. The van der Waals surface area contributed by atoms with Gasteiger partial charge in [-0.15, -0.1) is 0 Å². The van der Waals surface area contributed by atoms with Gasteiger partial charge < -0.3 is 5.32 Å². The number of nitrogens with one attached hydrogen (secondary N) is 1. The van der Waals surface area contributed by atoms with Crippen LogP contribution in [0.4, 0.5) is 5.69 Å². The van der Waals surface area contributed by atoms with Gasteiger partial charge in [0.2, 0.25) is 0 Å². The molecule has 3 aromatic carbocycles. The van der Waals surface area contributed by atoms with Gasteiger partial charge in [0.15, 0.2) is 0 Å². The molecular formula is C17H11Cl2NO. The number of halogens is 2. The molecule has 0 unspecified atom stereocenters. The molecule has 2 nitrogen and oxygen atoms in total. The third-order valence-electron chi connectivity index (χ3n) is 3.19. The fourth-order valence-electron chi connectivity index (χ4n) is 2.11. The second-order valence-corrected chi connectivity index (χ2v) is 5.46. The van der Waals surface area contributed by atoms with Crippen molar-refractivity contribution in [2.24, 2.45) is 0 Å². The summed E-state index contributed by atoms with van der Waals surface area (Å²) >= 11 is 11.8. The Labute approximate surface area is 132 Å². The van der Waals surface area contributed by atoms with Crippen molar-refractivity contribution >= 4 is 45.6 Å². The van der Waals surface area contributed by atoms with Crippen molar-refractivity contribution in [3.05, 3.63) is 76.3 Å². The number of benzene rings is 3. The first-order valence-electron chi connectivity index (χ1n) is 6.39. The van der Waals surface area contributed by atoms with Crippen LogP contribution in [-0.4, -0.2) is 5.91 Å². The highest BCUT2D eigenvalue weighted by atomic mass is 35.5. The smallest absolute Gasteiger partial charge is 0.255 e. The predicted octanol–water partition coefficient (Wildman–Crippen LogP) is 5.40. The maximum absolute atomic E-state index is 12.3. The van der Waals surface area contributed by atoms with E-state index in [0.717, 1.165) is 10.8 Å². The number of anilines is 1. The molecule has 1 amide bonds. The third kappa shape index (κ3) is 3.02. The number of rotatable bonds is 2. The standard InChI is InChI=1S/C17H11Cl2NO/c18-15-8-7-14(10-16(15)19)20-17(21)13-6-5-11-3-1-2-4-12(11)9-13/h1-10H,(H,20,21). The number of fused-ring (bicyclic) bond motifs is 1. The molecule has 0 atom stereocenters. The summed E-state index contributed by atoms with van der Waals surface area (Å²) in [6, 6.07) is 18.5. The SMILES string of the molecule is O=C(Nc1ccc(Cl)c(Cl)c1)c1ccc2ccccc2c1. The summed E-state index contributed by atoms with van der Waals surface area (Å²) < 4.78 is 0. The summed E-state index contributed by atoms with van der Waals surface area (Å²) in [5, 5.41) is 5.81. The van der Waals surface area contributed by atoms with Crippen LogP contribution in [0.5, 0.6) is 0 Å². The summed E-state index contributed by atoms with van der Waals surface area (Å²) in [5.74, 6) is -0.181. The van der Waals surface area contributed by atoms with Crippen LogP contribution < -0.4 is 5.32 Å². The van der Waals surface area contributed by atoms with Gasteiger partial charge in [0.25, 0.3) is 5.91 Å². The molecule has 0 aliphatic rings. The molecule has 4 heteroatoms. The first-order valence-corrected chi connectivity index (χ1v) is 7.14. The average Bonchev–Trinajstić information content (AvgIpc) is 2.50. The second kappa shape index (κ2) is 5.76. The highest BCUT2D eigenvalue weighted by molar-refractivity contribution is 6.42. The zero-order chi connectivity index (χ0) is 14.8. The van der Waals surface area contributed by atoms with Crippen LogP contribution in [0.1, 0.15) is 10.4 Å². The maximum Gasteiger partial charge on any atom is 0.255 e. The Morgan fingerprint density at radius 1 is 0.810 bits per heavy atom. The Morgan fingerprint density at radius 3 is 2.33 bits per heavy atom. The zero-order valence-corrected chi connectivity index (χ0v) is 12.4. The molecule has 21 heavy (non-hydrogen) atoms. The van der Waals surface area contributed by atoms with Crippen LogP contribution >= 0.6 is 23.2 Å². The van der Waals surface area contributed by atoms with Gasteiger partial charge >= 0.3 is 0 Å². The maximum atomic E-state index is 12.3. The fraction of sp³-hybridized carbons (Fsp3) is 0. The largest absolute Gasteiger partial charge is 0.322 e. The fourth-order valence-corrected chi connectivity index (χ4v) is 2.41. The van der Waals surface area contributed by atoms with Gasteiger partial charge in [-0.1, -0.05) is 53.5 Å². The number of carbonyl (C=O) groups excluding carboxylic acids is 1. The van der Waals surface area contributed by atoms with Crippen molar-refractivity contribution in [1.82, 2.24) is 0 Å².